The first-order valence-electron chi connectivity index (χ1n) is 9.89. The number of benzene rings is 2. The van der Waals surface area contributed by atoms with E-state index in [1.165, 1.54) is 24.1 Å². The quantitative estimate of drug-likeness (QED) is 0.613. The van der Waals surface area contributed by atoms with E-state index in [-0.39, 0.29) is 12.5 Å². The lowest BCUT2D eigenvalue weighted by molar-refractivity contribution is -0.116. The molecule has 2 aromatic carbocycles. The van der Waals surface area contributed by atoms with Crippen LogP contribution in [0.3, 0.4) is 0 Å². The van der Waals surface area contributed by atoms with Crippen LogP contribution in [0.15, 0.2) is 42.5 Å². The van der Waals surface area contributed by atoms with Crippen molar-refractivity contribution >= 4 is 29.5 Å². The van der Waals surface area contributed by atoms with Crippen molar-refractivity contribution in [2.75, 3.05) is 23.3 Å². The van der Waals surface area contributed by atoms with E-state index < -0.39 is 0 Å². The monoisotopic (exact) mass is 407 g/mol. The molecule has 3 aromatic rings. The van der Waals surface area contributed by atoms with Crippen molar-refractivity contribution in [1.29, 1.82) is 0 Å². The second-order valence-electron chi connectivity index (χ2n) is 7.55. The summed E-state index contributed by atoms with van der Waals surface area (Å²) in [7, 11) is 0. The lowest BCUT2D eigenvalue weighted by Gasteiger charge is -2.19. The summed E-state index contributed by atoms with van der Waals surface area (Å²) in [5.41, 5.74) is 5.18. The maximum Gasteiger partial charge on any atom is 0.244 e. The molecule has 6 nitrogen and oxygen atoms in total. The zero-order chi connectivity index (χ0) is 20.4. The molecule has 2 N–H and O–H groups in total. The van der Waals surface area contributed by atoms with Gasteiger partial charge in [0.1, 0.15) is 6.54 Å². The van der Waals surface area contributed by atoms with Gasteiger partial charge in [-0.3, -0.25) is 14.5 Å². The number of aryl methyl sites for hydroxylation is 2. The van der Waals surface area contributed by atoms with Gasteiger partial charge < -0.3 is 10.2 Å². The van der Waals surface area contributed by atoms with Crippen molar-refractivity contribution in [1.82, 2.24) is 14.8 Å². The number of aromatic amines is 1. The Labute approximate surface area is 175 Å². The molecule has 4 rings (SSSR count). The van der Waals surface area contributed by atoms with Crippen LogP contribution in [0.4, 0.5) is 11.4 Å². The van der Waals surface area contributed by atoms with Crippen molar-refractivity contribution in [3.8, 4) is 11.4 Å². The molecule has 150 valence electrons. The number of H-pyrrole nitrogens is 1. The van der Waals surface area contributed by atoms with Crippen LogP contribution in [0, 0.1) is 18.6 Å². The van der Waals surface area contributed by atoms with Crippen LogP contribution >= 0.6 is 12.2 Å². The minimum absolute atomic E-state index is 0.103. The molecule has 0 spiro atoms. The fraction of sp³-hybridized carbons (Fsp3) is 0.318. The lowest BCUT2D eigenvalue weighted by atomic mass is 10.1. The molecular formula is C22H25N5OS. The second-order valence-corrected chi connectivity index (χ2v) is 7.93. The molecule has 1 aliphatic heterocycles. The maximum atomic E-state index is 12.7. The summed E-state index contributed by atoms with van der Waals surface area (Å²) in [4.78, 5) is 15.1. The highest BCUT2D eigenvalue weighted by Gasteiger charge is 2.15. The predicted octanol–water partition coefficient (Wildman–Crippen LogP) is 4.46. The average molecular weight is 408 g/mol. The largest absolute Gasteiger partial charge is 0.372 e. The van der Waals surface area contributed by atoms with Gasteiger partial charge in [-0.1, -0.05) is 29.8 Å². The van der Waals surface area contributed by atoms with Gasteiger partial charge >= 0.3 is 0 Å². The third kappa shape index (κ3) is 4.24. The van der Waals surface area contributed by atoms with E-state index >= 15 is 0 Å². The third-order valence-electron chi connectivity index (χ3n) is 5.33. The number of carbonyl (C=O) groups excluding carboxylic acids is 1. The number of amides is 1. The lowest BCUT2D eigenvalue weighted by Crippen LogP contribution is -2.21. The number of hydrogen-bond donors (Lipinski definition) is 2. The SMILES string of the molecule is Cc1ccc(-c2n[nH]c(=S)n2CC(=O)Nc2ccc(N3CCCC3)cc2C)cc1. The Bertz CT molecular complexity index is 1080. The molecule has 1 aromatic heterocycles. The Morgan fingerprint density at radius 1 is 1.14 bits per heavy atom. The topological polar surface area (TPSA) is 66.0 Å². The minimum atomic E-state index is -0.132. The van der Waals surface area contributed by atoms with Crippen molar-refractivity contribution in [2.24, 2.45) is 0 Å². The first kappa shape index (κ1) is 19.4. The van der Waals surface area contributed by atoms with Gasteiger partial charge in [-0.15, -0.1) is 0 Å². The number of anilines is 2. The van der Waals surface area contributed by atoms with Crippen LogP contribution in [0.1, 0.15) is 24.0 Å². The molecule has 1 saturated heterocycles. The Balaban J connectivity index is 1.50. The van der Waals surface area contributed by atoms with E-state index in [2.05, 4.69) is 32.5 Å². The Morgan fingerprint density at radius 2 is 1.86 bits per heavy atom. The van der Waals surface area contributed by atoms with E-state index in [1.54, 1.807) is 4.57 Å². The van der Waals surface area contributed by atoms with Gasteiger partial charge in [-0.25, -0.2) is 0 Å². The third-order valence-corrected chi connectivity index (χ3v) is 5.64. The van der Waals surface area contributed by atoms with Crippen molar-refractivity contribution in [3.05, 3.63) is 58.4 Å². The van der Waals surface area contributed by atoms with Crippen LogP contribution in [0.25, 0.3) is 11.4 Å². The average Bonchev–Trinajstić information content (AvgIpc) is 3.35. The Kier molecular flexibility index (Phi) is 5.49. The van der Waals surface area contributed by atoms with Gasteiger partial charge in [-0.2, -0.15) is 5.10 Å². The summed E-state index contributed by atoms with van der Waals surface area (Å²) in [6, 6.07) is 14.2. The molecule has 0 saturated carbocycles. The summed E-state index contributed by atoms with van der Waals surface area (Å²) in [5, 5.41) is 10.1. The van der Waals surface area contributed by atoms with Crippen molar-refractivity contribution < 1.29 is 4.79 Å². The van der Waals surface area contributed by atoms with E-state index in [1.807, 2.05) is 44.2 Å². The number of nitrogens with zero attached hydrogens (tertiary/aromatic N) is 3. The summed E-state index contributed by atoms with van der Waals surface area (Å²) < 4.78 is 2.15. The zero-order valence-electron chi connectivity index (χ0n) is 16.7. The Hall–Kier alpha value is -2.93. The molecule has 0 bridgehead atoms. The van der Waals surface area contributed by atoms with Crippen molar-refractivity contribution in [2.45, 2.75) is 33.2 Å². The molecule has 1 amide bonds. The highest BCUT2D eigenvalue weighted by Crippen LogP contribution is 2.26. The summed E-state index contributed by atoms with van der Waals surface area (Å²) in [6.07, 6.45) is 2.48. The summed E-state index contributed by atoms with van der Waals surface area (Å²) >= 11 is 5.35. The fourth-order valence-corrected chi connectivity index (χ4v) is 3.88. The van der Waals surface area contributed by atoms with Gasteiger partial charge in [-0.05, 0) is 62.7 Å². The number of carbonyl (C=O) groups is 1. The molecule has 0 radical (unpaired) electrons. The molecule has 1 aliphatic rings. The van der Waals surface area contributed by atoms with Gasteiger partial charge in [0.05, 0.1) is 0 Å². The van der Waals surface area contributed by atoms with E-state index in [0.717, 1.165) is 29.9 Å². The fourth-order valence-electron chi connectivity index (χ4n) is 3.68. The summed E-state index contributed by atoms with van der Waals surface area (Å²) in [6.45, 7) is 6.37. The first-order valence-corrected chi connectivity index (χ1v) is 10.3. The van der Waals surface area contributed by atoms with Gasteiger partial charge in [0, 0.05) is 30.0 Å². The molecule has 1 fully saturated rings. The number of nitrogens with one attached hydrogen (secondary N) is 2. The van der Waals surface area contributed by atoms with Crippen LogP contribution in [0.5, 0.6) is 0 Å². The molecule has 0 aliphatic carbocycles. The Morgan fingerprint density at radius 3 is 2.55 bits per heavy atom. The molecular weight excluding hydrogens is 382 g/mol. The van der Waals surface area contributed by atoms with Crippen LogP contribution < -0.4 is 10.2 Å². The standard InChI is InChI=1S/C22H25N5OS/c1-15-5-7-17(8-6-15)21-24-25-22(29)27(21)14-20(28)23-19-10-9-18(13-16(19)2)26-11-3-4-12-26/h5-10,13H,3-4,11-12,14H2,1-2H3,(H,23,28)(H,25,29). The van der Waals surface area contributed by atoms with Crippen LogP contribution in [-0.2, 0) is 11.3 Å². The van der Waals surface area contributed by atoms with E-state index in [4.69, 9.17) is 12.2 Å². The van der Waals surface area contributed by atoms with Crippen molar-refractivity contribution in [3.63, 3.8) is 0 Å². The number of hydrogen-bond acceptors (Lipinski definition) is 4. The van der Waals surface area contributed by atoms with Gasteiger partial charge in [0.15, 0.2) is 10.6 Å². The number of rotatable bonds is 5. The smallest absolute Gasteiger partial charge is 0.244 e. The molecule has 2 heterocycles. The second kappa shape index (κ2) is 8.21. The molecule has 29 heavy (non-hydrogen) atoms. The molecule has 0 atom stereocenters. The maximum absolute atomic E-state index is 12.7. The van der Waals surface area contributed by atoms with Crippen LogP contribution in [-0.4, -0.2) is 33.8 Å². The van der Waals surface area contributed by atoms with Gasteiger partial charge in [0.2, 0.25) is 5.91 Å². The predicted molar refractivity (Wildman–Crippen MR) is 119 cm³/mol. The first-order chi connectivity index (χ1) is 14.0. The van der Waals surface area contributed by atoms with Crippen LogP contribution in [0.2, 0.25) is 0 Å². The zero-order valence-corrected chi connectivity index (χ0v) is 17.6. The van der Waals surface area contributed by atoms with E-state index in [0.29, 0.717) is 10.6 Å². The number of aromatic nitrogens is 3. The summed E-state index contributed by atoms with van der Waals surface area (Å²) in [5.74, 6) is 0.527. The highest BCUT2D eigenvalue weighted by molar-refractivity contribution is 7.71. The van der Waals surface area contributed by atoms with E-state index in [9.17, 15) is 4.79 Å². The minimum Gasteiger partial charge on any atom is -0.372 e. The highest BCUT2D eigenvalue weighted by atomic mass is 32.1. The van der Waals surface area contributed by atoms with Gasteiger partial charge in [0.25, 0.3) is 0 Å². The normalized spacial score (nSPS) is 13.7. The molecule has 0 unspecified atom stereocenters. The molecule has 7 heteroatoms.